The number of piperidine rings is 1. The molecule has 1 aliphatic rings. The van der Waals surface area contributed by atoms with Crippen LogP contribution >= 0.6 is 0 Å². The Hall–Kier alpha value is -0.170. The lowest BCUT2D eigenvalue weighted by atomic mass is 9.81. The van der Waals surface area contributed by atoms with E-state index in [1.54, 1.807) is 4.31 Å². The zero-order chi connectivity index (χ0) is 15.4. The van der Waals surface area contributed by atoms with Gasteiger partial charge in [0.05, 0.1) is 0 Å². The van der Waals surface area contributed by atoms with Crippen LogP contribution in [0.1, 0.15) is 47.0 Å². The van der Waals surface area contributed by atoms with Crippen LogP contribution in [0.25, 0.3) is 0 Å². The lowest BCUT2D eigenvalue weighted by Crippen LogP contribution is -2.53. The van der Waals surface area contributed by atoms with Crippen molar-refractivity contribution in [1.82, 2.24) is 14.3 Å². The van der Waals surface area contributed by atoms with E-state index in [1.807, 2.05) is 7.05 Å². The Kier molecular flexibility index (Phi) is 6.44. The lowest BCUT2D eigenvalue weighted by molar-refractivity contribution is 0.230. The molecule has 1 atom stereocenters. The van der Waals surface area contributed by atoms with Crippen molar-refractivity contribution in [2.75, 3.05) is 26.7 Å². The minimum Gasteiger partial charge on any atom is -0.318 e. The van der Waals surface area contributed by atoms with Crippen LogP contribution in [0.3, 0.4) is 0 Å². The minimum atomic E-state index is -3.38. The van der Waals surface area contributed by atoms with Crippen molar-refractivity contribution in [2.45, 2.75) is 53.0 Å². The van der Waals surface area contributed by atoms with Crippen molar-refractivity contribution in [2.24, 2.45) is 11.3 Å². The highest BCUT2D eigenvalue weighted by atomic mass is 32.2. The Morgan fingerprint density at radius 2 is 1.95 bits per heavy atom. The highest BCUT2D eigenvalue weighted by Gasteiger charge is 2.33. The topological polar surface area (TPSA) is 61.4 Å². The van der Waals surface area contributed by atoms with Crippen LogP contribution in [-0.2, 0) is 10.2 Å². The molecule has 1 heterocycles. The molecule has 1 unspecified atom stereocenters. The van der Waals surface area contributed by atoms with E-state index < -0.39 is 10.2 Å². The lowest BCUT2D eigenvalue weighted by Gasteiger charge is -2.36. The van der Waals surface area contributed by atoms with Gasteiger partial charge in [-0.1, -0.05) is 34.1 Å². The molecule has 0 saturated carbocycles. The van der Waals surface area contributed by atoms with E-state index in [0.717, 1.165) is 19.3 Å². The maximum Gasteiger partial charge on any atom is 0.279 e. The van der Waals surface area contributed by atoms with Crippen molar-refractivity contribution >= 4 is 10.2 Å². The molecule has 1 fully saturated rings. The Labute approximate surface area is 124 Å². The van der Waals surface area contributed by atoms with Crippen LogP contribution in [0, 0.1) is 11.3 Å². The van der Waals surface area contributed by atoms with Crippen molar-refractivity contribution in [3.8, 4) is 0 Å². The van der Waals surface area contributed by atoms with Gasteiger partial charge in [0.2, 0.25) is 0 Å². The fraction of sp³-hybridized carbons (Fsp3) is 1.00. The van der Waals surface area contributed by atoms with Gasteiger partial charge in [0, 0.05) is 25.7 Å². The fourth-order valence-corrected chi connectivity index (χ4v) is 3.96. The molecule has 2 N–H and O–H groups in total. The zero-order valence-electron chi connectivity index (χ0n) is 13.6. The Morgan fingerprint density at radius 3 is 2.50 bits per heavy atom. The Balaban J connectivity index is 2.71. The third-order valence-electron chi connectivity index (χ3n) is 4.59. The fourth-order valence-electron chi connectivity index (χ4n) is 2.29. The van der Waals surface area contributed by atoms with E-state index in [-0.39, 0.29) is 11.5 Å². The van der Waals surface area contributed by atoms with Gasteiger partial charge in [-0.05, 0) is 31.2 Å². The van der Waals surface area contributed by atoms with Gasteiger partial charge >= 0.3 is 0 Å². The highest BCUT2D eigenvalue weighted by Crippen LogP contribution is 2.26. The van der Waals surface area contributed by atoms with Crippen LogP contribution in [-0.4, -0.2) is 45.4 Å². The van der Waals surface area contributed by atoms with E-state index in [2.05, 4.69) is 37.7 Å². The number of nitrogens with one attached hydrogen (secondary N) is 2. The van der Waals surface area contributed by atoms with E-state index in [0.29, 0.717) is 25.6 Å². The SMILES string of the molecule is CNCC1CCCCN1S(=O)(=O)NCC(C)(C)C(C)C. The summed E-state index contributed by atoms with van der Waals surface area (Å²) in [5.41, 5.74) is -0.0403. The minimum absolute atomic E-state index is 0.0403. The van der Waals surface area contributed by atoms with Gasteiger partial charge in [0.25, 0.3) is 10.2 Å². The molecule has 1 saturated heterocycles. The summed E-state index contributed by atoms with van der Waals surface area (Å²) in [5.74, 6) is 0.430. The molecule has 0 aliphatic carbocycles. The first-order valence-electron chi connectivity index (χ1n) is 7.61. The molecule has 120 valence electrons. The summed E-state index contributed by atoms with van der Waals surface area (Å²) in [6.45, 7) is 10.3. The summed E-state index contributed by atoms with van der Waals surface area (Å²) in [5, 5.41) is 3.10. The van der Waals surface area contributed by atoms with Gasteiger partial charge < -0.3 is 5.32 Å². The molecule has 0 spiro atoms. The van der Waals surface area contributed by atoms with Crippen molar-refractivity contribution in [1.29, 1.82) is 0 Å². The summed E-state index contributed by atoms with van der Waals surface area (Å²) < 4.78 is 29.5. The van der Waals surface area contributed by atoms with Gasteiger partial charge in [-0.2, -0.15) is 12.7 Å². The summed E-state index contributed by atoms with van der Waals surface area (Å²) in [6, 6.07) is 0.0772. The quantitative estimate of drug-likeness (QED) is 0.750. The molecule has 0 aromatic carbocycles. The monoisotopic (exact) mass is 305 g/mol. The average Bonchev–Trinajstić information content (AvgIpc) is 2.37. The first kappa shape index (κ1) is 17.9. The molecule has 0 radical (unpaired) electrons. The zero-order valence-corrected chi connectivity index (χ0v) is 14.4. The predicted octanol–water partition coefficient (Wildman–Crippen LogP) is 1.58. The van der Waals surface area contributed by atoms with Crippen molar-refractivity contribution in [3.05, 3.63) is 0 Å². The highest BCUT2D eigenvalue weighted by molar-refractivity contribution is 7.87. The molecule has 5 nitrogen and oxygen atoms in total. The molecule has 20 heavy (non-hydrogen) atoms. The first-order valence-corrected chi connectivity index (χ1v) is 9.06. The first-order chi connectivity index (χ1) is 9.20. The third-order valence-corrected chi connectivity index (χ3v) is 6.20. The Morgan fingerprint density at radius 1 is 1.30 bits per heavy atom. The van der Waals surface area contributed by atoms with Gasteiger partial charge in [-0.15, -0.1) is 0 Å². The number of hydrogen-bond donors (Lipinski definition) is 2. The summed E-state index contributed by atoms with van der Waals surface area (Å²) in [7, 11) is -1.51. The Bertz CT molecular complexity index is 391. The molecule has 0 aromatic heterocycles. The van der Waals surface area contributed by atoms with Gasteiger partial charge in [-0.3, -0.25) is 0 Å². The van der Waals surface area contributed by atoms with Crippen molar-refractivity contribution < 1.29 is 8.42 Å². The maximum atomic E-state index is 12.5. The van der Waals surface area contributed by atoms with Crippen LogP contribution in [0.4, 0.5) is 0 Å². The number of rotatable bonds is 7. The average molecular weight is 305 g/mol. The van der Waals surface area contributed by atoms with Gasteiger partial charge in [-0.25, -0.2) is 4.72 Å². The van der Waals surface area contributed by atoms with E-state index >= 15 is 0 Å². The van der Waals surface area contributed by atoms with E-state index in [1.165, 1.54) is 0 Å². The smallest absolute Gasteiger partial charge is 0.279 e. The summed E-state index contributed by atoms with van der Waals surface area (Å²) in [4.78, 5) is 0. The normalized spacial score (nSPS) is 22.4. The van der Waals surface area contributed by atoms with E-state index in [9.17, 15) is 8.42 Å². The summed E-state index contributed by atoms with van der Waals surface area (Å²) in [6.07, 6.45) is 3.00. The van der Waals surface area contributed by atoms with Crippen molar-refractivity contribution in [3.63, 3.8) is 0 Å². The standard InChI is InChI=1S/C14H31N3O2S/c1-12(2)14(3,4)11-16-20(18,19)17-9-7-6-8-13(17)10-15-5/h12-13,15-16H,6-11H2,1-5H3. The van der Waals surface area contributed by atoms with E-state index in [4.69, 9.17) is 0 Å². The van der Waals surface area contributed by atoms with Gasteiger partial charge in [0.1, 0.15) is 0 Å². The van der Waals surface area contributed by atoms with Crippen LogP contribution < -0.4 is 10.0 Å². The van der Waals surface area contributed by atoms with Gasteiger partial charge in [0.15, 0.2) is 0 Å². The molecule has 6 heteroatoms. The second-order valence-corrected chi connectivity index (χ2v) is 8.50. The molecule has 1 aliphatic heterocycles. The molecular weight excluding hydrogens is 274 g/mol. The second kappa shape index (κ2) is 7.20. The largest absolute Gasteiger partial charge is 0.318 e. The van der Waals surface area contributed by atoms with Crippen LogP contribution in [0.5, 0.6) is 0 Å². The second-order valence-electron chi connectivity index (χ2n) is 6.79. The molecular formula is C14H31N3O2S. The molecule has 0 amide bonds. The van der Waals surface area contributed by atoms with Crippen LogP contribution in [0.2, 0.25) is 0 Å². The summed E-state index contributed by atoms with van der Waals surface area (Å²) >= 11 is 0. The third kappa shape index (κ3) is 4.69. The molecule has 0 aromatic rings. The number of hydrogen-bond acceptors (Lipinski definition) is 3. The maximum absolute atomic E-state index is 12.5. The molecule has 0 bridgehead atoms. The number of nitrogens with zero attached hydrogens (tertiary/aromatic N) is 1. The molecule has 1 rings (SSSR count). The van der Waals surface area contributed by atoms with Crippen LogP contribution in [0.15, 0.2) is 0 Å². The number of likely N-dealkylation sites (N-methyl/N-ethyl adjacent to an activating group) is 1. The predicted molar refractivity (Wildman–Crippen MR) is 83.8 cm³/mol.